The van der Waals surface area contributed by atoms with Crippen LogP contribution < -0.4 is 78.4 Å². The van der Waals surface area contributed by atoms with Gasteiger partial charge in [0.25, 0.3) is 0 Å². The minimum absolute atomic E-state index is 0. The van der Waals surface area contributed by atoms with Gasteiger partial charge < -0.3 is 14.2 Å². The smallest absolute Gasteiger partial charge is 0.520 e. The molecule has 0 aromatic heterocycles. The van der Waals surface area contributed by atoms with Gasteiger partial charge in [0, 0.05) is 6.07 Å². The van der Waals surface area contributed by atoms with E-state index in [2.05, 4.69) is 6.92 Å². The molecule has 1 aliphatic rings. The summed E-state index contributed by atoms with van der Waals surface area (Å²) >= 11 is 0. The van der Waals surface area contributed by atoms with Crippen molar-refractivity contribution in [2.24, 2.45) is 5.92 Å². The van der Waals surface area contributed by atoms with Crippen LogP contribution in [0.4, 0.5) is 4.39 Å². The van der Waals surface area contributed by atoms with Gasteiger partial charge >= 0.3 is 68.9 Å². The number of rotatable bonds is 5. The molecule has 2 atom stereocenters. The average Bonchev–Trinajstić information content (AvgIpc) is 2.91. The van der Waals surface area contributed by atoms with Crippen LogP contribution in [0.15, 0.2) is 48.5 Å². The van der Waals surface area contributed by atoms with E-state index < -0.39 is 0 Å². The van der Waals surface area contributed by atoms with E-state index in [1.54, 1.807) is 12.7 Å². The van der Waals surface area contributed by atoms with Gasteiger partial charge in [-0.15, -0.1) is 5.92 Å². The normalized spacial score (nSPS) is 19.9. The molecule has 3 nitrogen and oxygen atoms in total. The molecule has 1 aliphatic heterocycles. The van der Waals surface area contributed by atoms with Crippen LogP contribution in [0.1, 0.15) is 18.9 Å². The van der Waals surface area contributed by atoms with E-state index in [9.17, 15) is 4.39 Å². The van der Waals surface area contributed by atoms with Gasteiger partial charge in [-0.3, -0.25) is 0 Å². The second-order valence-electron chi connectivity index (χ2n) is 5.43. The van der Waals surface area contributed by atoms with E-state index in [1.165, 1.54) is 12.1 Å². The molecule has 2 aromatic carbocycles. The molecule has 5 heteroatoms. The van der Waals surface area contributed by atoms with E-state index in [1.807, 2.05) is 30.3 Å². The summed E-state index contributed by atoms with van der Waals surface area (Å²) in [6.07, 6.45) is 0.599. The maximum atomic E-state index is 13.1. The fourth-order valence-corrected chi connectivity index (χ4v) is 2.29. The average molecular weight is 434 g/mol. The second kappa shape index (κ2) is 9.46. The third-order valence-corrected chi connectivity index (χ3v) is 3.39. The predicted molar refractivity (Wildman–Crippen MR) is 80.8 cm³/mol. The second-order valence-corrected chi connectivity index (χ2v) is 5.43. The van der Waals surface area contributed by atoms with E-state index in [0.717, 1.165) is 12.0 Å². The Hall–Kier alpha value is -0.0181. The molecule has 0 radical (unpaired) electrons. The van der Waals surface area contributed by atoms with Gasteiger partial charge in [-0.05, 0) is 36.2 Å². The SMILES string of the molecule is C[C@H]1[CH-]OC(Oc2cccc(OCc3cccc(F)c3)c2)C1.[Cs+]. The Balaban J connectivity index is 0.00000192. The van der Waals surface area contributed by atoms with Crippen molar-refractivity contribution >= 4 is 0 Å². The standard InChI is InChI=1S/C18H18FO3.Cs/c1-13-8-18(21-11-13)22-17-7-3-6-16(10-17)20-12-14-4-2-5-15(19)9-14;/h2-7,9-11,13,18H,8,12H2,1H3;/q-1;+1/t13-,18?;/m1./s1. The monoisotopic (exact) mass is 434 g/mol. The van der Waals surface area contributed by atoms with Crippen LogP contribution in [0.25, 0.3) is 0 Å². The summed E-state index contributed by atoms with van der Waals surface area (Å²) in [6, 6.07) is 13.7. The molecule has 0 amide bonds. The zero-order chi connectivity index (χ0) is 15.4. The van der Waals surface area contributed by atoms with Crippen LogP contribution in [0, 0.1) is 18.3 Å². The van der Waals surface area contributed by atoms with Crippen LogP contribution in [0.2, 0.25) is 0 Å². The molecule has 23 heavy (non-hydrogen) atoms. The largest absolute Gasteiger partial charge is 1.00 e. The molecule has 0 aliphatic carbocycles. The van der Waals surface area contributed by atoms with E-state index in [4.69, 9.17) is 14.2 Å². The molecule has 116 valence electrons. The van der Waals surface area contributed by atoms with Crippen molar-refractivity contribution in [3.8, 4) is 11.5 Å². The Morgan fingerprint density at radius 2 is 1.96 bits per heavy atom. The Morgan fingerprint density at radius 3 is 2.70 bits per heavy atom. The van der Waals surface area contributed by atoms with Crippen LogP contribution in [0.3, 0.4) is 0 Å². The summed E-state index contributed by atoms with van der Waals surface area (Å²) in [7, 11) is 0. The Kier molecular flexibility index (Phi) is 7.94. The predicted octanol–water partition coefficient (Wildman–Crippen LogP) is 1.33. The number of hydrogen-bond acceptors (Lipinski definition) is 3. The van der Waals surface area contributed by atoms with Crippen molar-refractivity contribution in [1.82, 2.24) is 0 Å². The summed E-state index contributed by atoms with van der Waals surface area (Å²) in [6.45, 7) is 4.20. The van der Waals surface area contributed by atoms with Crippen molar-refractivity contribution in [2.75, 3.05) is 0 Å². The first kappa shape index (κ1) is 19.3. The maximum Gasteiger partial charge on any atom is 1.00 e. The van der Waals surface area contributed by atoms with Crippen molar-refractivity contribution in [3.05, 3.63) is 66.5 Å². The van der Waals surface area contributed by atoms with E-state index in [-0.39, 0.29) is 81.0 Å². The zero-order valence-corrected chi connectivity index (χ0v) is 19.6. The summed E-state index contributed by atoms with van der Waals surface area (Å²) in [4.78, 5) is 0. The minimum atomic E-state index is -0.262. The molecule has 1 unspecified atom stereocenters. The van der Waals surface area contributed by atoms with Crippen molar-refractivity contribution in [2.45, 2.75) is 26.2 Å². The number of hydrogen-bond donors (Lipinski definition) is 0. The van der Waals surface area contributed by atoms with Crippen molar-refractivity contribution < 1.29 is 87.5 Å². The van der Waals surface area contributed by atoms with Crippen molar-refractivity contribution in [3.63, 3.8) is 0 Å². The minimum Gasteiger partial charge on any atom is -0.520 e. The first-order chi connectivity index (χ1) is 10.7. The molecule has 0 N–H and O–H groups in total. The molecule has 1 heterocycles. The van der Waals surface area contributed by atoms with Crippen molar-refractivity contribution in [1.29, 1.82) is 0 Å². The van der Waals surface area contributed by atoms with Crippen LogP contribution >= 0.6 is 0 Å². The quantitative estimate of drug-likeness (QED) is 0.665. The van der Waals surface area contributed by atoms with E-state index in [0.29, 0.717) is 24.0 Å². The fourth-order valence-electron chi connectivity index (χ4n) is 2.29. The number of halogens is 1. The summed E-state index contributed by atoms with van der Waals surface area (Å²) in [5.74, 6) is 1.51. The third-order valence-electron chi connectivity index (χ3n) is 3.39. The number of ether oxygens (including phenoxy) is 3. The maximum absolute atomic E-state index is 13.1. The fraction of sp³-hybridized carbons (Fsp3) is 0.278. The van der Waals surface area contributed by atoms with Crippen LogP contribution in [0.5, 0.6) is 11.5 Å². The van der Waals surface area contributed by atoms with E-state index >= 15 is 0 Å². The first-order valence-corrected chi connectivity index (χ1v) is 7.32. The third kappa shape index (κ3) is 6.08. The molecule has 1 fully saturated rings. The molecule has 2 aromatic rings. The van der Waals surface area contributed by atoms with Crippen LogP contribution in [-0.2, 0) is 11.3 Å². The van der Waals surface area contributed by atoms with Crippen LogP contribution in [-0.4, -0.2) is 6.29 Å². The molecular weight excluding hydrogens is 416 g/mol. The molecular formula is C18H18CsFO3. The Labute approximate surface area is 194 Å². The Morgan fingerprint density at radius 1 is 1.17 bits per heavy atom. The summed E-state index contributed by atoms with van der Waals surface area (Å²) in [5.41, 5.74) is 0.786. The molecule has 0 spiro atoms. The topological polar surface area (TPSA) is 27.7 Å². The summed E-state index contributed by atoms with van der Waals surface area (Å²) < 4.78 is 30.0. The molecule has 0 bridgehead atoms. The van der Waals surface area contributed by atoms with Gasteiger partial charge in [-0.2, -0.15) is 0 Å². The van der Waals surface area contributed by atoms with Gasteiger partial charge in [-0.25, -0.2) is 11.0 Å². The molecule has 3 rings (SSSR count). The number of benzene rings is 2. The zero-order valence-electron chi connectivity index (χ0n) is 13.4. The van der Waals surface area contributed by atoms with Gasteiger partial charge in [0.15, 0.2) is 6.29 Å². The van der Waals surface area contributed by atoms with Gasteiger partial charge in [0.2, 0.25) is 0 Å². The first-order valence-electron chi connectivity index (χ1n) is 7.32. The van der Waals surface area contributed by atoms with Gasteiger partial charge in [0.05, 0.1) is 0 Å². The summed E-state index contributed by atoms with van der Waals surface area (Å²) in [5, 5.41) is 0. The molecule has 0 saturated carbocycles. The van der Waals surface area contributed by atoms with Gasteiger partial charge in [0.1, 0.15) is 23.9 Å². The molecule has 1 saturated heterocycles. The van der Waals surface area contributed by atoms with Gasteiger partial charge in [-0.1, -0.05) is 25.1 Å². The Bertz CT molecular complexity index is 635.